The van der Waals surface area contributed by atoms with Crippen molar-refractivity contribution in [2.24, 2.45) is 13.0 Å². The van der Waals surface area contributed by atoms with Gasteiger partial charge in [0.15, 0.2) is 0 Å². The summed E-state index contributed by atoms with van der Waals surface area (Å²) in [5, 5.41) is 3.67. The lowest BCUT2D eigenvalue weighted by molar-refractivity contribution is -0.125. The van der Waals surface area contributed by atoms with Crippen LogP contribution in [0.5, 0.6) is 0 Å². The molecule has 1 unspecified atom stereocenters. The molecule has 2 amide bonds. The second kappa shape index (κ2) is 6.65. The van der Waals surface area contributed by atoms with Crippen LogP contribution >= 0.6 is 0 Å². The second-order valence-electron chi connectivity index (χ2n) is 6.50. The Kier molecular flexibility index (Phi) is 4.57. The van der Waals surface area contributed by atoms with E-state index in [9.17, 15) is 9.59 Å². The molecule has 0 radical (unpaired) electrons. The van der Waals surface area contributed by atoms with Crippen molar-refractivity contribution in [3.63, 3.8) is 0 Å². The number of likely N-dealkylation sites (N-methyl/N-ethyl adjacent to an activating group) is 1. The maximum Gasteiger partial charge on any atom is 0.256 e. The minimum Gasteiger partial charge on any atom is -0.359 e. The molecular formula is C18H24N4O2. The van der Waals surface area contributed by atoms with Crippen LogP contribution < -0.4 is 5.32 Å². The first kappa shape index (κ1) is 16.5. The Bertz CT molecular complexity index is 767. The average molecular weight is 328 g/mol. The standard InChI is InChI=1S/C18H24N4O2/c1-19-17(23)13-10-20(2)8-9-22(11-13)18(24)15-12-21(3)16-7-5-4-6-14(15)16/h4-7,12-13H,8-11H2,1-3H3,(H,19,23). The van der Waals surface area contributed by atoms with Gasteiger partial charge in [0, 0.05) is 57.4 Å². The van der Waals surface area contributed by atoms with Gasteiger partial charge < -0.3 is 19.7 Å². The average Bonchev–Trinajstić information content (AvgIpc) is 2.80. The third-order valence-electron chi connectivity index (χ3n) is 4.76. The Labute approximate surface area is 142 Å². The normalized spacial score (nSPS) is 19.3. The zero-order valence-corrected chi connectivity index (χ0v) is 14.5. The largest absolute Gasteiger partial charge is 0.359 e. The number of carbonyl (C=O) groups is 2. The van der Waals surface area contributed by atoms with E-state index in [1.54, 1.807) is 7.05 Å². The van der Waals surface area contributed by atoms with Crippen LogP contribution in [-0.2, 0) is 11.8 Å². The third kappa shape index (κ3) is 3.01. The Morgan fingerprint density at radius 2 is 1.88 bits per heavy atom. The number of aryl methyl sites for hydroxylation is 1. The van der Waals surface area contributed by atoms with E-state index in [0.29, 0.717) is 25.2 Å². The highest BCUT2D eigenvalue weighted by molar-refractivity contribution is 6.07. The monoisotopic (exact) mass is 328 g/mol. The van der Waals surface area contributed by atoms with Gasteiger partial charge in [0.05, 0.1) is 11.5 Å². The number of nitrogens with zero attached hydrogens (tertiary/aromatic N) is 3. The Balaban J connectivity index is 1.91. The molecule has 2 heterocycles. The molecule has 128 valence electrons. The Hall–Kier alpha value is -2.34. The lowest BCUT2D eigenvalue weighted by Crippen LogP contribution is -2.41. The molecular weight excluding hydrogens is 304 g/mol. The molecule has 1 N–H and O–H groups in total. The number of para-hydroxylation sites is 1. The maximum absolute atomic E-state index is 13.1. The van der Waals surface area contributed by atoms with E-state index >= 15 is 0 Å². The zero-order valence-electron chi connectivity index (χ0n) is 14.5. The SMILES string of the molecule is CNC(=O)C1CN(C)CCN(C(=O)c2cn(C)c3ccccc23)C1. The van der Waals surface area contributed by atoms with Gasteiger partial charge in [-0.3, -0.25) is 9.59 Å². The van der Waals surface area contributed by atoms with Crippen LogP contribution in [0.1, 0.15) is 10.4 Å². The summed E-state index contributed by atoms with van der Waals surface area (Å²) in [6, 6.07) is 7.90. The van der Waals surface area contributed by atoms with Crippen molar-refractivity contribution in [2.45, 2.75) is 0 Å². The molecule has 1 fully saturated rings. The highest BCUT2D eigenvalue weighted by Crippen LogP contribution is 2.23. The summed E-state index contributed by atoms with van der Waals surface area (Å²) < 4.78 is 1.97. The minimum absolute atomic E-state index is 0.00370. The summed E-state index contributed by atoms with van der Waals surface area (Å²) in [6.45, 7) is 2.51. The summed E-state index contributed by atoms with van der Waals surface area (Å²) in [7, 11) is 5.58. The van der Waals surface area contributed by atoms with Crippen molar-refractivity contribution in [3.8, 4) is 0 Å². The van der Waals surface area contributed by atoms with Gasteiger partial charge in [-0.15, -0.1) is 0 Å². The molecule has 0 aliphatic carbocycles. The van der Waals surface area contributed by atoms with E-state index < -0.39 is 0 Å². The van der Waals surface area contributed by atoms with Crippen molar-refractivity contribution in [1.29, 1.82) is 0 Å². The Morgan fingerprint density at radius 1 is 1.12 bits per heavy atom. The molecule has 0 saturated carbocycles. The number of benzene rings is 1. The summed E-state index contributed by atoms with van der Waals surface area (Å²) >= 11 is 0. The molecule has 0 spiro atoms. The van der Waals surface area contributed by atoms with Crippen molar-refractivity contribution in [1.82, 2.24) is 19.7 Å². The fourth-order valence-corrected chi connectivity index (χ4v) is 3.41. The molecule has 1 aliphatic rings. The van der Waals surface area contributed by atoms with E-state index in [1.807, 2.05) is 54.0 Å². The number of hydrogen-bond acceptors (Lipinski definition) is 3. The van der Waals surface area contributed by atoms with Gasteiger partial charge in [0.1, 0.15) is 0 Å². The number of amides is 2. The summed E-state index contributed by atoms with van der Waals surface area (Å²) in [5.41, 5.74) is 1.74. The van der Waals surface area contributed by atoms with Gasteiger partial charge in [-0.25, -0.2) is 0 Å². The molecule has 1 saturated heterocycles. The lowest BCUT2D eigenvalue weighted by Gasteiger charge is -2.23. The predicted octanol–water partition coefficient (Wildman–Crippen LogP) is 0.928. The highest BCUT2D eigenvalue weighted by Gasteiger charge is 2.29. The first-order valence-electron chi connectivity index (χ1n) is 8.24. The van der Waals surface area contributed by atoms with Crippen molar-refractivity contribution in [3.05, 3.63) is 36.0 Å². The van der Waals surface area contributed by atoms with Gasteiger partial charge in [-0.2, -0.15) is 0 Å². The topological polar surface area (TPSA) is 57.6 Å². The summed E-state index contributed by atoms with van der Waals surface area (Å²) in [4.78, 5) is 29.1. The van der Waals surface area contributed by atoms with Crippen molar-refractivity contribution in [2.75, 3.05) is 40.3 Å². The number of nitrogens with one attached hydrogen (secondary N) is 1. The zero-order chi connectivity index (χ0) is 17.3. The second-order valence-corrected chi connectivity index (χ2v) is 6.50. The van der Waals surface area contributed by atoms with Gasteiger partial charge >= 0.3 is 0 Å². The molecule has 2 aromatic rings. The highest BCUT2D eigenvalue weighted by atomic mass is 16.2. The molecule has 1 aromatic heterocycles. The molecule has 6 heteroatoms. The first-order chi connectivity index (χ1) is 11.5. The van der Waals surface area contributed by atoms with Gasteiger partial charge in [-0.05, 0) is 13.1 Å². The van der Waals surface area contributed by atoms with Crippen LogP contribution in [-0.4, -0.2) is 66.5 Å². The number of fused-ring (bicyclic) bond motifs is 1. The van der Waals surface area contributed by atoms with Gasteiger partial charge in [0.2, 0.25) is 5.91 Å². The molecule has 3 rings (SSSR count). The van der Waals surface area contributed by atoms with Gasteiger partial charge in [0.25, 0.3) is 5.91 Å². The minimum atomic E-state index is -0.207. The number of hydrogen-bond donors (Lipinski definition) is 1. The summed E-state index contributed by atoms with van der Waals surface area (Å²) in [6.07, 6.45) is 1.89. The quantitative estimate of drug-likeness (QED) is 0.892. The fourth-order valence-electron chi connectivity index (χ4n) is 3.41. The van der Waals surface area contributed by atoms with Crippen LogP contribution in [0.4, 0.5) is 0 Å². The number of rotatable bonds is 2. The molecule has 1 aromatic carbocycles. The van der Waals surface area contributed by atoms with Crippen LogP contribution in [0.3, 0.4) is 0 Å². The molecule has 1 aliphatic heterocycles. The van der Waals surface area contributed by atoms with E-state index in [-0.39, 0.29) is 17.7 Å². The third-order valence-corrected chi connectivity index (χ3v) is 4.76. The molecule has 1 atom stereocenters. The lowest BCUT2D eigenvalue weighted by atomic mass is 10.1. The first-order valence-corrected chi connectivity index (χ1v) is 8.24. The van der Waals surface area contributed by atoms with Crippen LogP contribution in [0.15, 0.2) is 30.5 Å². The van der Waals surface area contributed by atoms with E-state index in [2.05, 4.69) is 10.2 Å². The fraction of sp³-hybridized carbons (Fsp3) is 0.444. The Morgan fingerprint density at radius 3 is 2.62 bits per heavy atom. The van der Waals surface area contributed by atoms with E-state index in [1.165, 1.54) is 0 Å². The van der Waals surface area contributed by atoms with Crippen molar-refractivity contribution < 1.29 is 9.59 Å². The van der Waals surface area contributed by atoms with E-state index in [4.69, 9.17) is 0 Å². The van der Waals surface area contributed by atoms with Crippen molar-refractivity contribution >= 4 is 22.7 Å². The van der Waals surface area contributed by atoms with Crippen LogP contribution in [0.25, 0.3) is 10.9 Å². The van der Waals surface area contributed by atoms with E-state index in [0.717, 1.165) is 17.4 Å². The van der Waals surface area contributed by atoms with Gasteiger partial charge in [-0.1, -0.05) is 18.2 Å². The number of aromatic nitrogens is 1. The predicted molar refractivity (Wildman–Crippen MR) is 93.9 cm³/mol. The van der Waals surface area contributed by atoms with Crippen LogP contribution in [0.2, 0.25) is 0 Å². The molecule has 6 nitrogen and oxygen atoms in total. The summed E-state index contributed by atoms with van der Waals surface area (Å²) in [5.74, 6) is -0.225. The smallest absolute Gasteiger partial charge is 0.256 e. The van der Waals surface area contributed by atoms with Crippen LogP contribution in [0, 0.1) is 5.92 Å². The molecule has 24 heavy (non-hydrogen) atoms. The molecule has 0 bridgehead atoms. The number of carbonyl (C=O) groups excluding carboxylic acids is 2. The maximum atomic E-state index is 13.1.